The lowest BCUT2D eigenvalue weighted by molar-refractivity contribution is -0.128. The Morgan fingerprint density at radius 3 is 2.38 bits per heavy atom. The summed E-state index contributed by atoms with van der Waals surface area (Å²) in [5.74, 6) is -1.77. The van der Waals surface area contributed by atoms with Crippen LogP contribution in [0, 0.1) is 0 Å². The number of aromatic nitrogens is 1. The fraction of sp³-hybridized carbons (Fsp3) is 0.125. The standard InChI is InChI=1S/C16H14Cl2N4O4/c17-11-5-4-10(7-12(11)18)16(26)19-8-13(23)20-21-14(24)9-22-6-2-1-3-15(22)25/h1-7H,8-9H2,(H,19,26)(H,20,23)(H,21,24). The lowest BCUT2D eigenvalue weighted by atomic mass is 10.2. The summed E-state index contributed by atoms with van der Waals surface area (Å²) in [5, 5.41) is 2.89. The summed E-state index contributed by atoms with van der Waals surface area (Å²) in [4.78, 5) is 46.8. The largest absolute Gasteiger partial charge is 0.343 e. The van der Waals surface area contributed by atoms with Crippen molar-refractivity contribution in [2.45, 2.75) is 6.54 Å². The minimum absolute atomic E-state index is 0.215. The molecule has 0 spiro atoms. The SMILES string of the molecule is O=C(CNC(=O)c1ccc(Cl)c(Cl)c1)NNC(=O)Cn1ccccc1=O. The van der Waals surface area contributed by atoms with Gasteiger partial charge in [-0.3, -0.25) is 30.0 Å². The Kier molecular flexibility index (Phi) is 6.76. The fourth-order valence-electron chi connectivity index (χ4n) is 1.87. The molecule has 0 aliphatic rings. The van der Waals surface area contributed by atoms with Crippen LogP contribution >= 0.6 is 23.2 Å². The Labute approximate surface area is 158 Å². The lowest BCUT2D eigenvalue weighted by Crippen LogP contribution is -2.47. The van der Waals surface area contributed by atoms with Crippen molar-refractivity contribution < 1.29 is 14.4 Å². The second-order valence-electron chi connectivity index (χ2n) is 5.07. The second-order valence-corrected chi connectivity index (χ2v) is 5.89. The second kappa shape index (κ2) is 9.02. The molecule has 0 unspecified atom stereocenters. The molecule has 2 aromatic rings. The minimum atomic E-state index is -0.646. The molecule has 0 atom stereocenters. The highest BCUT2D eigenvalue weighted by Crippen LogP contribution is 2.22. The van der Waals surface area contributed by atoms with Gasteiger partial charge < -0.3 is 9.88 Å². The van der Waals surface area contributed by atoms with Crippen molar-refractivity contribution >= 4 is 40.9 Å². The van der Waals surface area contributed by atoms with Gasteiger partial charge in [-0.05, 0) is 24.3 Å². The molecule has 0 saturated heterocycles. The first-order valence-electron chi connectivity index (χ1n) is 7.33. The van der Waals surface area contributed by atoms with Gasteiger partial charge in [0, 0.05) is 17.8 Å². The van der Waals surface area contributed by atoms with E-state index in [1.54, 1.807) is 12.1 Å². The van der Waals surface area contributed by atoms with Crippen LogP contribution in [-0.4, -0.2) is 28.8 Å². The Hall–Kier alpha value is -2.84. The molecule has 3 amide bonds. The maximum atomic E-state index is 11.9. The van der Waals surface area contributed by atoms with Crippen molar-refractivity contribution in [2.24, 2.45) is 0 Å². The van der Waals surface area contributed by atoms with Crippen LogP contribution in [0.25, 0.3) is 0 Å². The highest BCUT2D eigenvalue weighted by molar-refractivity contribution is 6.42. The number of hydrazine groups is 1. The number of pyridine rings is 1. The third-order valence-electron chi connectivity index (χ3n) is 3.15. The number of amides is 3. The molecule has 1 heterocycles. The lowest BCUT2D eigenvalue weighted by Gasteiger charge is -2.09. The molecule has 0 saturated carbocycles. The van der Waals surface area contributed by atoms with Gasteiger partial charge in [-0.1, -0.05) is 29.3 Å². The number of carbonyl (C=O) groups excluding carboxylic acids is 3. The summed E-state index contributed by atoms with van der Waals surface area (Å²) in [7, 11) is 0. The number of hydrogen-bond acceptors (Lipinski definition) is 4. The van der Waals surface area contributed by atoms with Crippen LogP contribution in [0.2, 0.25) is 10.0 Å². The number of hydrogen-bond donors (Lipinski definition) is 3. The molecule has 0 fully saturated rings. The molecule has 0 aliphatic heterocycles. The van der Waals surface area contributed by atoms with E-state index in [9.17, 15) is 19.2 Å². The molecule has 8 nitrogen and oxygen atoms in total. The van der Waals surface area contributed by atoms with Gasteiger partial charge in [0.2, 0.25) is 0 Å². The summed E-state index contributed by atoms with van der Waals surface area (Å²) in [6.45, 7) is -0.625. The van der Waals surface area contributed by atoms with E-state index in [4.69, 9.17) is 23.2 Å². The Morgan fingerprint density at radius 2 is 1.69 bits per heavy atom. The van der Waals surface area contributed by atoms with E-state index in [0.717, 1.165) is 0 Å². The molecule has 0 radical (unpaired) electrons. The zero-order chi connectivity index (χ0) is 19.1. The third kappa shape index (κ3) is 5.61. The van der Waals surface area contributed by atoms with Crippen molar-refractivity contribution in [1.82, 2.24) is 20.7 Å². The number of nitrogens with zero attached hydrogens (tertiary/aromatic N) is 1. The topological polar surface area (TPSA) is 109 Å². The van der Waals surface area contributed by atoms with Gasteiger partial charge in [0.15, 0.2) is 0 Å². The molecular weight excluding hydrogens is 383 g/mol. The monoisotopic (exact) mass is 396 g/mol. The van der Waals surface area contributed by atoms with Crippen LogP contribution in [0.3, 0.4) is 0 Å². The van der Waals surface area contributed by atoms with Crippen LogP contribution in [0.15, 0.2) is 47.4 Å². The average molecular weight is 397 g/mol. The van der Waals surface area contributed by atoms with Crippen molar-refractivity contribution in [2.75, 3.05) is 6.54 Å². The van der Waals surface area contributed by atoms with Crippen LogP contribution in [0.1, 0.15) is 10.4 Å². The highest BCUT2D eigenvalue weighted by atomic mass is 35.5. The quantitative estimate of drug-likeness (QED) is 0.647. The summed E-state index contributed by atoms with van der Waals surface area (Å²) in [6, 6.07) is 8.76. The van der Waals surface area contributed by atoms with E-state index in [-0.39, 0.29) is 29.2 Å². The number of halogens is 2. The van der Waals surface area contributed by atoms with Crippen LogP contribution < -0.4 is 21.7 Å². The van der Waals surface area contributed by atoms with Gasteiger partial charge in [-0.25, -0.2) is 0 Å². The van der Waals surface area contributed by atoms with Gasteiger partial charge in [-0.2, -0.15) is 0 Å². The molecule has 1 aromatic carbocycles. The van der Waals surface area contributed by atoms with Gasteiger partial charge in [-0.15, -0.1) is 0 Å². The van der Waals surface area contributed by atoms with E-state index in [0.29, 0.717) is 5.02 Å². The Balaban J connectivity index is 1.77. The zero-order valence-corrected chi connectivity index (χ0v) is 14.8. The predicted molar refractivity (Wildman–Crippen MR) is 95.8 cm³/mol. The summed E-state index contributed by atoms with van der Waals surface area (Å²) in [6.07, 6.45) is 1.45. The number of nitrogens with one attached hydrogen (secondary N) is 3. The average Bonchev–Trinajstić information content (AvgIpc) is 2.62. The first-order chi connectivity index (χ1) is 12.4. The molecule has 2 rings (SSSR count). The van der Waals surface area contributed by atoms with Crippen molar-refractivity contribution in [1.29, 1.82) is 0 Å². The summed E-state index contributed by atoms with van der Waals surface area (Å²) >= 11 is 11.6. The van der Waals surface area contributed by atoms with Gasteiger partial charge in [0.05, 0.1) is 16.6 Å². The highest BCUT2D eigenvalue weighted by Gasteiger charge is 2.11. The molecule has 0 bridgehead atoms. The van der Waals surface area contributed by atoms with E-state index >= 15 is 0 Å². The van der Waals surface area contributed by atoms with Crippen LogP contribution in [0.4, 0.5) is 0 Å². The first kappa shape index (κ1) is 19.5. The van der Waals surface area contributed by atoms with E-state index < -0.39 is 17.7 Å². The Morgan fingerprint density at radius 1 is 0.962 bits per heavy atom. The normalized spacial score (nSPS) is 10.1. The molecule has 1 aromatic heterocycles. The van der Waals surface area contributed by atoms with Crippen LogP contribution in [-0.2, 0) is 16.1 Å². The zero-order valence-electron chi connectivity index (χ0n) is 13.3. The molecule has 3 N–H and O–H groups in total. The fourth-order valence-corrected chi connectivity index (χ4v) is 2.17. The molecule has 26 heavy (non-hydrogen) atoms. The van der Waals surface area contributed by atoms with E-state index in [1.165, 1.54) is 35.0 Å². The number of rotatable bonds is 5. The van der Waals surface area contributed by atoms with E-state index in [1.807, 2.05) is 0 Å². The molecular formula is C16H14Cl2N4O4. The smallest absolute Gasteiger partial charge is 0.258 e. The minimum Gasteiger partial charge on any atom is -0.343 e. The Bertz CT molecular complexity index is 898. The van der Waals surface area contributed by atoms with E-state index in [2.05, 4.69) is 16.2 Å². The predicted octanol–water partition coefficient (Wildman–Crippen LogP) is 0.733. The molecule has 136 valence electrons. The van der Waals surface area contributed by atoms with Crippen LogP contribution in [0.5, 0.6) is 0 Å². The van der Waals surface area contributed by atoms with Crippen molar-refractivity contribution in [3.05, 3.63) is 68.6 Å². The van der Waals surface area contributed by atoms with Gasteiger partial charge in [0.1, 0.15) is 6.54 Å². The maximum Gasteiger partial charge on any atom is 0.258 e. The number of benzene rings is 1. The maximum absolute atomic E-state index is 11.9. The summed E-state index contributed by atoms with van der Waals surface area (Å²) < 4.78 is 1.17. The van der Waals surface area contributed by atoms with Gasteiger partial charge >= 0.3 is 0 Å². The molecule has 0 aliphatic carbocycles. The van der Waals surface area contributed by atoms with Gasteiger partial charge in [0.25, 0.3) is 23.3 Å². The molecule has 10 heteroatoms. The third-order valence-corrected chi connectivity index (χ3v) is 3.88. The summed E-state index contributed by atoms with van der Waals surface area (Å²) in [5.41, 5.74) is 4.18. The van der Waals surface area contributed by atoms with Crippen molar-refractivity contribution in [3.8, 4) is 0 Å². The number of carbonyl (C=O) groups is 3. The first-order valence-corrected chi connectivity index (χ1v) is 8.09. The van der Waals surface area contributed by atoms with Crippen molar-refractivity contribution in [3.63, 3.8) is 0 Å².